The van der Waals surface area contributed by atoms with Gasteiger partial charge in [-0.15, -0.1) is 0 Å². The minimum absolute atomic E-state index is 0.163. The molecule has 8 heteroatoms. The number of hydrogen-bond donors (Lipinski definition) is 0. The average molecular weight is 356 g/mol. The van der Waals surface area contributed by atoms with Gasteiger partial charge in [0.15, 0.2) is 0 Å². The van der Waals surface area contributed by atoms with E-state index >= 15 is 0 Å². The lowest BCUT2D eigenvalue weighted by molar-refractivity contribution is -0.137. The third-order valence-corrected chi connectivity index (χ3v) is 6.17. The van der Waals surface area contributed by atoms with Gasteiger partial charge in [0.05, 0.1) is 15.5 Å². The molecule has 0 spiro atoms. The number of benzene rings is 1. The minimum Gasteiger partial charge on any atom is -0.207 e. The molecule has 0 N–H and O–H groups in total. The lowest BCUT2D eigenvalue weighted by Crippen LogP contribution is -2.43. The molecule has 3 nitrogen and oxygen atoms in total. The molecule has 124 valence electrons. The Kier molecular flexibility index (Phi) is 5.09. The largest absolute Gasteiger partial charge is 0.417 e. The van der Waals surface area contributed by atoms with Gasteiger partial charge in [0, 0.05) is 12.6 Å². The van der Waals surface area contributed by atoms with E-state index in [9.17, 15) is 21.6 Å². The molecule has 0 saturated carbocycles. The summed E-state index contributed by atoms with van der Waals surface area (Å²) in [5.41, 5.74) is -1.12. The summed E-state index contributed by atoms with van der Waals surface area (Å²) in [4.78, 5) is -0.357. The van der Waals surface area contributed by atoms with Crippen LogP contribution in [0.2, 0.25) is 5.02 Å². The summed E-state index contributed by atoms with van der Waals surface area (Å²) in [6.45, 7) is 2.21. The van der Waals surface area contributed by atoms with Crippen LogP contribution in [0.15, 0.2) is 23.1 Å². The zero-order chi connectivity index (χ0) is 16.5. The summed E-state index contributed by atoms with van der Waals surface area (Å²) < 4.78 is 65.4. The number of sulfonamides is 1. The fourth-order valence-corrected chi connectivity index (χ4v) is 4.73. The molecule has 1 aromatic carbocycles. The van der Waals surface area contributed by atoms with E-state index in [1.165, 1.54) is 4.31 Å². The maximum atomic E-state index is 12.9. The lowest BCUT2D eigenvalue weighted by Gasteiger charge is -2.34. The molecule has 1 aliphatic rings. The molecule has 1 saturated heterocycles. The van der Waals surface area contributed by atoms with E-state index in [-0.39, 0.29) is 10.9 Å². The van der Waals surface area contributed by atoms with E-state index in [4.69, 9.17) is 11.6 Å². The quantitative estimate of drug-likeness (QED) is 0.810. The third kappa shape index (κ3) is 3.41. The maximum absolute atomic E-state index is 12.9. The van der Waals surface area contributed by atoms with Gasteiger partial charge in [-0.25, -0.2) is 8.42 Å². The standard InChI is InChI=1S/C14H17ClF3NO2S/c1-2-10-5-3-4-8-19(10)22(20,21)11-6-7-13(15)12(9-11)14(16,17)18/h6-7,9-10H,2-5,8H2,1H3. The van der Waals surface area contributed by atoms with Gasteiger partial charge in [-0.3, -0.25) is 0 Å². The molecular weight excluding hydrogens is 339 g/mol. The average Bonchev–Trinajstić information content (AvgIpc) is 2.46. The Hall–Kier alpha value is -0.790. The highest BCUT2D eigenvalue weighted by atomic mass is 35.5. The van der Waals surface area contributed by atoms with Crippen LogP contribution in [0.4, 0.5) is 13.2 Å². The Morgan fingerprint density at radius 3 is 2.59 bits per heavy atom. The highest BCUT2D eigenvalue weighted by molar-refractivity contribution is 7.89. The Balaban J connectivity index is 2.45. The molecule has 1 atom stereocenters. The van der Waals surface area contributed by atoms with Crippen LogP contribution in [0.1, 0.15) is 38.2 Å². The van der Waals surface area contributed by atoms with Gasteiger partial charge >= 0.3 is 6.18 Å². The van der Waals surface area contributed by atoms with E-state index < -0.39 is 26.8 Å². The van der Waals surface area contributed by atoms with Crippen molar-refractivity contribution in [3.8, 4) is 0 Å². The van der Waals surface area contributed by atoms with Crippen LogP contribution in [-0.4, -0.2) is 25.3 Å². The topological polar surface area (TPSA) is 37.4 Å². The van der Waals surface area contributed by atoms with Crippen molar-refractivity contribution in [2.75, 3.05) is 6.54 Å². The van der Waals surface area contributed by atoms with Crippen LogP contribution in [0.3, 0.4) is 0 Å². The number of nitrogens with zero attached hydrogens (tertiary/aromatic N) is 1. The van der Waals surface area contributed by atoms with Gasteiger partial charge in [0.2, 0.25) is 10.0 Å². The second-order valence-corrected chi connectivity index (χ2v) is 7.61. The zero-order valence-corrected chi connectivity index (χ0v) is 13.6. The summed E-state index contributed by atoms with van der Waals surface area (Å²) in [5.74, 6) is 0. The molecule has 2 rings (SSSR count). The molecule has 1 unspecified atom stereocenters. The van der Waals surface area contributed by atoms with Gasteiger partial charge in [0.1, 0.15) is 0 Å². The first-order chi connectivity index (χ1) is 10.2. The van der Waals surface area contributed by atoms with E-state index in [2.05, 4.69) is 0 Å². The smallest absolute Gasteiger partial charge is 0.207 e. The molecule has 0 amide bonds. The van der Waals surface area contributed by atoms with Gasteiger partial charge in [-0.1, -0.05) is 24.9 Å². The SMILES string of the molecule is CCC1CCCCN1S(=O)(=O)c1ccc(Cl)c(C(F)(F)F)c1. The summed E-state index contributed by atoms with van der Waals surface area (Å²) in [6, 6.07) is 2.58. The molecular formula is C14H17ClF3NO2S. The van der Waals surface area contributed by atoms with E-state index in [1.807, 2.05) is 6.92 Å². The lowest BCUT2D eigenvalue weighted by atomic mass is 10.0. The van der Waals surface area contributed by atoms with Crippen molar-refractivity contribution in [3.05, 3.63) is 28.8 Å². The van der Waals surface area contributed by atoms with Crippen molar-refractivity contribution in [1.82, 2.24) is 4.31 Å². The van der Waals surface area contributed by atoms with Crippen LogP contribution in [-0.2, 0) is 16.2 Å². The van der Waals surface area contributed by atoms with E-state index in [0.717, 1.165) is 31.4 Å². The number of piperidine rings is 1. The highest BCUT2D eigenvalue weighted by Gasteiger charge is 2.37. The first-order valence-corrected chi connectivity index (χ1v) is 8.88. The first kappa shape index (κ1) is 17.6. The van der Waals surface area contributed by atoms with Crippen molar-refractivity contribution in [1.29, 1.82) is 0 Å². The van der Waals surface area contributed by atoms with Crippen molar-refractivity contribution in [2.24, 2.45) is 0 Å². The van der Waals surface area contributed by atoms with Crippen molar-refractivity contribution in [3.63, 3.8) is 0 Å². The van der Waals surface area contributed by atoms with Crippen LogP contribution in [0.5, 0.6) is 0 Å². The first-order valence-electron chi connectivity index (χ1n) is 7.06. The maximum Gasteiger partial charge on any atom is 0.417 e. The fourth-order valence-electron chi connectivity index (χ4n) is 2.72. The molecule has 1 heterocycles. The molecule has 22 heavy (non-hydrogen) atoms. The van der Waals surface area contributed by atoms with Crippen molar-refractivity contribution >= 4 is 21.6 Å². The molecule has 0 aliphatic carbocycles. The third-order valence-electron chi connectivity index (χ3n) is 3.89. The van der Waals surface area contributed by atoms with Crippen LogP contribution in [0, 0.1) is 0 Å². The number of alkyl halides is 3. The molecule has 1 aromatic rings. The second kappa shape index (κ2) is 6.37. The predicted octanol–water partition coefficient (Wildman–Crippen LogP) is 4.31. The molecule has 0 radical (unpaired) electrons. The van der Waals surface area contributed by atoms with Crippen molar-refractivity contribution in [2.45, 2.75) is 49.7 Å². The number of halogens is 4. The van der Waals surface area contributed by atoms with E-state index in [1.54, 1.807) is 0 Å². The number of rotatable bonds is 3. The van der Waals surface area contributed by atoms with E-state index in [0.29, 0.717) is 19.0 Å². The summed E-state index contributed by atoms with van der Waals surface area (Å²) in [7, 11) is -3.95. The normalized spacial score (nSPS) is 21.0. The summed E-state index contributed by atoms with van der Waals surface area (Å²) >= 11 is 5.54. The predicted molar refractivity (Wildman–Crippen MR) is 78.3 cm³/mol. The molecule has 0 bridgehead atoms. The molecule has 0 aromatic heterocycles. The Labute approximate surface area is 133 Å². The van der Waals surface area contributed by atoms with Crippen LogP contribution in [0.25, 0.3) is 0 Å². The minimum atomic E-state index is -4.69. The Bertz CT molecular complexity index is 646. The van der Waals surface area contributed by atoms with Crippen LogP contribution >= 0.6 is 11.6 Å². The second-order valence-electron chi connectivity index (χ2n) is 5.31. The Morgan fingerprint density at radius 1 is 1.32 bits per heavy atom. The number of hydrogen-bond acceptors (Lipinski definition) is 2. The van der Waals surface area contributed by atoms with Crippen molar-refractivity contribution < 1.29 is 21.6 Å². The fraction of sp³-hybridized carbons (Fsp3) is 0.571. The molecule has 1 fully saturated rings. The summed E-state index contributed by atoms with van der Waals surface area (Å²) in [6.07, 6.45) is -1.67. The summed E-state index contributed by atoms with van der Waals surface area (Å²) in [5, 5.41) is -0.503. The monoisotopic (exact) mass is 355 g/mol. The van der Waals surface area contributed by atoms with Gasteiger partial charge in [-0.2, -0.15) is 17.5 Å². The highest BCUT2D eigenvalue weighted by Crippen LogP contribution is 2.37. The van der Waals surface area contributed by atoms with Gasteiger partial charge < -0.3 is 0 Å². The van der Waals surface area contributed by atoms with Gasteiger partial charge in [0.25, 0.3) is 0 Å². The van der Waals surface area contributed by atoms with Gasteiger partial charge in [-0.05, 0) is 37.5 Å². The van der Waals surface area contributed by atoms with Crippen LogP contribution < -0.4 is 0 Å². The zero-order valence-electron chi connectivity index (χ0n) is 12.0. The Morgan fingerprint density at radius 2 is 2.00 bits per heavy atom. The molecule has 1 aliphatic heterocycles.